The van der Waals surface area contributed by atoms with Gasteiger partial charge >= 0.3 is 0 Å². The van der Waals surface area contributed by atoms with Gasteiger partial charge in [0.2, 0.25) is 0 Å². The van der Waals surface area contributed by atoms with Crippen molar-refractivity contribution in [1.29, 1.82) is 0 Å². The third-order valence-electron chi connectivity index (χ3n) is 2.85. The first-order valence-electron chi connectivity index (χ1n) is 6.58. The molecule has 0 unspecified atom stereocenters. The van der Waals surface area contributed by atoms with E-state index < -0.39 is 0 Å². The number of nitrogens with one attached hydrogen (secondary N) is 1. The molecule has 0 atom stereocenters. The molecule has 0 saturated carbocycles. The molecule has 0 spiro atoms. The Morgan fingerprint density at radius 1 is 1.05 bits per heavy atom. The van der Waals surface area contributed by atoms with E-state index in [1.54, 1.807) is 24.3 Å². The summed E-state index contributed by atoms with van der Waals surface area (Å²) in [6, 6.07) is 14.1. The van der Waals surface area contributed by atoms with Crippen LogP contribution in [0.4, 0.5) is 4.39 Å². The van der Waals surface area contributed by atoms with Crippen molar-refractivity contribution < 1.29 is 9.13 Å². The number of ether oxygens (including phenoxy) is 1. The Kier molecular flexibility index (Phi) is 5.84. The fourth-order valence-corrected chi connectivity index (χ4v) is 1.91. The van der Waals surface area contributed by atoms with Crippen molar-refractivity contribution in [2.75, 3.05) is 13.2 Å². The molecule has 20 heavy (non-hydrogen) atoms. The van der Waals surface area contributed by atoms with Crippen LogP contribution in [0.25, 0.3) is 0 Å². The molecular formula is C16H17ClFNO. The number of halogens is 2. The van der Waals surface area contributed by atoms with Gasteiger partial charge in [0.1, 0.15) is 11.6 Å². The largest absolute Gasteiger partial charge is 0.494 e. The third-order valence-corrected chi connectivity index (χ3v) is 3.11. The highest BCUT2D eigenvalue weighted by atomic mass is 35.5. The van der Waals surface area contributed by atoms with Gasteiger partial charge in [0.25, 0.3) is 0 Å². The Morgan fingerprint density at radius 2 is 1.80 bits per heavy atom. The van der Waals surface area contributed by atoms with Crippen LogP contribution < -0.4 is 10.1 Å². The van der Waals surface area contributed by atoms with Crippen molar-refractivity contribution in [3.05, 3.63) is 64.9 Å². The molecule has 0 amide bonds. The minimum absolute atomic E-state index is 0.169. The Bertz CT molecular complexity index is 530. The average molecular weight is 294 g/mol. The monoisotopic (exact) mass is 293 g/mol. The van der Waals surface area contributed by atoms with Crippen LogP contribution in [0.3, 0.4) is 0 Å². The Morgan fingerprint density at radius 3 is 2.55 bits per heavy atom. The molecule has 0 fully saturated rings. The molecule has 0 aliphatic carbocycles. The van der Waals surface area contributed by atoms with Crippen molar-refractivity contribution in [3.63, 3.8) is 0 Å². The number of hydrogen-bond acceptors (Lipinski definition) is 2. The van der Waals surface area contributed by atoms with E-state index in [2.05, 4.69) is 5.32 Å². The van der Waals surface area contributed by atoms with Crippen molar-refractivity contribution in [3.8, 4) is 5.75 Å². The number of rotatable bonds is 7. The predicted molar refractivity (Wildman–Crippen MR) is 79.7 cm³/mol. The van der Waals surface area contributed by atoms with Gasteiger partial charge in [-0.15, -0.1) is 0 Å². The lowest BCUT2D eigenvalue weighted by atomic mass is 10.2. The van der Waals surface area contributed by atoms with Crippen LogP contribution in [-0.2, 0) is 6.54 Å². The van der Waals surface area contributed by atoms with Gasteiger partial charge in [-0.25, -0.2) is 4.39 Å². The Hall–Kier alpha value is -1.58. The van der Waals surface area contributed by atoms with E-state index in [1.165, 1.54) is 6.07 Å². The number of benzene rings is 2. The third kappa shape index (κ3) is 4.83. The predicted octanol–water partition coefficient (Wildman–Crippen LogP) is 4.04. The molecule has 2 rings (SSSR count). The SMILES string of the molecule is Fc1ccccc1CNCCCOc1ccc(Cl)cc1. The molecule has 0 radical (unpaired) electrons. The standard InChI is InChI=1S/C16H17ClFNO/c17-14-6-8-15(9-7-14)20-11-3-10-19-12-13-4-1-2-5-16(13)18/h1-2,4-9,19H,3,10-12H2. The first kappa shape index (κ1) is 14.8. The highest BCUT2D eigenvalue weighted by Gasteiger charge is 1.99. The Labute approximate surface area is 123 Å². The van der Waals surface area contributed by atoms with Crippen LogP contribution in [-0.4, -0.2) is 13.2 Å². The lowest BCUT2D eigenvalue weighted by molar-refractivity contribution is 0.308. The summed E-state index contributed by atoms with van der Waals surface area (Å²) < 4.78 is 18.9. The summed E-state index contributed by atoms with van der Waals surface area (Å²) in [7, 11) is 0. The molecule has 2 aromatic carbocycles. The molecule has 2 nitrogen and oxygen atoms in total. The maximum Gasteiger partial charge on any atom is 0.127 e. The first-order chi connectivity index (χ1) is 9.75. The topological polar surface area (TPSA) is 21.3 Å². The smallest absolute Gasteiger partial charge is 0.127 e. The van der Waals surface area contributed by atoms with Crippen LogP contribution in [0.2, 0.25) is 5.02 Å². The van der Waals surface area contributed by atoms with E-state index in [0.717, 1.165) is 18.7 Å². The second-order valence-corrected chi connectivity index (χ2v) is 4.86. The van der Waals surface area contributed by atoms with E-state index in [1.807, 2.05) is 18.2 Å². The van der Waals surface area contributed by atoms with Crippen molar-refractivity contribution in [1.82, 2.24) is 5.32 Å². The lowest BCUT2D eigenvalue weighted by Gasteiger charge is -2.08. The lowest BCUT2D eigenvalue weighted by Crippen LogP contribution is -2.17. The van der Waals surface area contributed by atoms with Crippen LogP contribution in [0.5, 0.6) is 5.75 Å². The molecule has 2 aromatic rings. The second kappa shape index (κ2) is 7.88. The van der Waals surface area contributed by atoms with Gasteiger partial charge in [-0.05, 0) is 43.3 Å². The minimum Gasteiger partial charge on any atom is -0.494 e. The van der Waals surface area contributed by atoms with Gasteiger partial charge in [0, 0.05) is 17.1 Å². The normalized spacial score (nSPS) is 10.5. The van der Waals surface area contributed by atoms with Gasteiger partial charge in [-0.1, -0.05) is 29.8 Å². The van der Waals surface area contributed by atoms with Gasteiger partial charge in [0.15, 0.2) is 0 Å². The van der Waals surface area contributed by atoms with Crippen molar-refractivity contribution >= 4 is 11.6 Å². The van der Waals surface area contributed by atoms with E-state index >= 15 is 0 Å². The van der Waals surface area contributed by atoms with Gasteiger partial charge in [-0.3, -0.25) is 0 Å². The summed E-state index contributed by atoms with van der Waals surface area (Å²) in [5.74, 6) is 0.640. The zero-order chi connectivity index (χ0) is 14.2. The molecule has 0 heterocycles. The second-order valence-electron chi connectivity index (χ2n) is 4.42. The van der Waals surface area contributed by atoms with E-state index in [9.17, 15) is 4.39 Å². The molecule has 1 N–H and O–H groups in total. The number of hydrogen-bond donors (Lipinski definition) is 1. The molecule has 0 aromatic heterocycles. The summed E-state index contributed by atoms with van der Waals surface area (Å²) in [4.78, 5) is 0. The zero-order valence-electron chi connectivity index (χ0n) is 11.1. The zero-order valence-corrected chi connectivity index (χ0v) is 11.9. The Balaban J connectivity index is 1.60. The molecular weight excluding hydrogens is 277 g/mol. The fourth-order valence-electron chi connectivity index (χ4n) is 1.78. The van der Waals surface area contributed by atoms with Crippen LogP contribution in [0.15, 0.2) is 48.5 Å². The summed E-state index contributed by atoms with van der Waals surface area (Å²) in [5.41, 5.74) is 0.686. The van der Waals surface area contributed by atoms with Crippen molar-refractivity contribution in [2.24, 2.45) is 0 Å². The van der Waals surface area contributed by atoms with E-state index in [4.69, 9.17) is 16.3 Å². The van der Waals surface area contributed by atoms with E-state index in [0.29, 0.717) is 23.7 Å². The summed E-state index contributed by atoms with van der Waals surface area (Å²) >= 11 is 5.79. The maximum atomic E-state index is 13.3. The van der Waals surface area contributed by atoms with Crippen LogP contribution in [0, 0.1) is 5.82 Å². The molecule has 0 aliphatic rings. The molecule has 4 heteroatoms. The van der Waals surface area contributed by atoms with Crippen LogP contribution >= 0.6 is 11.6 Å². The molecule has 0 bridgehead atoms. The van der Waals surface area contributed by atoms with Gasteiger partial charge < -0.3 is 10.1 Å². The minimum atomic E-state index is -0.169. The quantitative estimate of drug-likeness (QED) is 0.778. The van der Waals surface area contributed by atoms with Crippen molar-refractivity contribution in [2.45, 2.75) is 13.0 Å². The van der Waals surface area contributed by atoms with E-state index in [-0.39, 0.29) is 5.82 Å². The first-order valence-corrected chi connectivity index (χ1v) is 6.96. The van der Waals surface area contributed by atoms with Crippen LogP contribution in [0.1, 0.15) is 12.0 Å². The summed E-state index contributed by atoms with van der Waals surface area (Å²) in [5, 5.41) is 3.89. The maximum absolute atomic E-state index is 13.3. The average Bonchev–Trinajstić information content (AvgIpc) is 2.46. The summed E-state index contributed by atoms with van der Waals surface area (Å²) in [6.07, 6.45) is 0.858. The van der Waals surface area contributed by atoms with Gasteiger partial charge in [0.05, 0.1) is 6.61 Å². The molecule has 0 aliphatic heterocycles. The molecule has 0 saturated heterocycles. The summed E-state index contributed by atoms with van der Waals surface area (Å²) in [6.45, 7) is 1.93. The molecule has 106 valence electrons. The highest BCUT2D eigenvalue weighted by molar-refractivity contribution is 6.30. The van der Waals surface area contributed by atoms with Gasteiger partial charge in [-0.2, -0.15) is 0 Å². The fraction of sp³-hybridized carbons (Fsp3) is 0.250. The highest BCUT2D eigenvalue weighted by Crippen LogP contribution is 2.15.